The summed E-state index contributed by atoms with van der Waals surface area (Å²) in [5.41, 5.74) is 5.84. The number of hydrogen-bond acceptors (Lipinski definition) is 3. The first-order valence-electron chi connectivity index (χ1n) is 4.59. The summed E-state index contributed by atoms with van der Waals surface area (Å²) in [5.74, 6) is 0.186. The van der Waals surface area contributed by atoms with E-state index in [9.17, 15) is 13.2 Å². The quantitative estimate of drug-likeness (QED) is 0.812. The molecule has 2 rings (SSSR count). The van der Waals surface area contributed by atoms with E-state index in [0.29, 0.717) is 5.69 Å². The molecular formula is C8H11F3N4. The van der Waals surface area contributed by atoms with Gasteiger partial charge >= 0.3 is 6.18 Å². The lowest BCUT2D eigenvalue weighted by atomic mass is 10.3. The van der Waals surface area contributed by atoms with E-state index in [4.69, 9.17) is 5.73 Å². The van der Waals surface area contributed by atoms with E-state index >= 15 is 0 Å². The Labute approximate surface area is 84.2 Å². The summed E-state index contributed by atoms with van der Waals surface area (Å²) in [6, 6.07) is -0.0495. The van der Waals surface area contributed by atoms with Crippen molar-refractivity contribution in [3.8, 4) is 0 Å². The minimum absolute atomic E-state index is 0.0495. The first-order chi connectivity index (χ1) is 6.97. The van der Waals surface area contributed by atoms with E-state index in [1.54, 1.807) is 0 Å². The van der Waals surface area contributed by atoms with Crippen LogP contribution >= 0.6 is 0 Å². The Hall–Kier alpha value is -1.40. The van der Waals surface area contributed by atoms with Gasteiger partial charge in [0.1, 0.15) is 12.4 Å². The van der Waals surface area contributed by atoms with Crippen molar-refractivity contribution in [2.45, 2.75) is 25.1 Å². The highest BCUT2D eigenvalue weighted by Gasteiger charge is 2.39. The fourth-order valence-corrected chi connectivity index (χ4v) is 1.51. The molecule has 1 heterocycles. The van der Waals surface area contributed by atoms with Crippen molar-refractivity contribution >= 4 is 11.5 Å². The van der Waals surface area contributed by atoms with Crippen molar-refractivity contribution in [3.05, 3.63) is 6.20 Å². The number of nitrogens with zero attached hydrogens (tertiary/aromatic N) is 2. The van der Waals surface area contributed by atoms with Gasteiger partial charge in [-0.2, -0.15) is 18.3 Å². The molecule has 1 aromatic rings. The van der Waals surface area contributed by atoms with Gasteiger partial charge in [0, 0.05) is 6.04 Å². The molecule has 1 aliphatic rings. The summed E-state index contributed by atoms with van der Waals surface area (Å²) >= 11 is 0. The molecule has 0 spiro atoms. The molecule has 3 N–H and O–H groups in total. The van der Waals surface area contributed by atoms with Crippen LogP contribution in [-0.4, -0.2) is 29.0 Å². The molecule has 15 heavy (non-hydrogen) atoms. The lowest BCUT2D eigenvalue weighted by Gasteiger charge is -2.24. The zero-order chi connectivity index (χ0) is 11.1. The van der Waals surface area contributed by atoms with Crippen molar-refractivity contribution in [2.24, 2.45) is 0 Å². The van der Waals surface area contributed by atoms with Crippen LogP contribution in [-0.2, 0) is 0 Å². The van der Waals surface area contributed by atoms with E-state index in [2.05, 4.69) is 10.2 Å². The number of anilines is 2. The van der Waals surface area contributed by atoms with E-state index in [1.807, 2.05) is 0 Å². The van der Waals surface area contributed by atoms with Crippen LogP contribution in [0.25, 0.3) is 0 Å². The Morgan fingerprint density at radius 1 is 1.53 bits per heavy atom. The van der Waals surface area contributed by atoms with Crippen LogP contribution in [0.4, 0.5) is 24.7 Å². The summed E-state index contributed by atoms with van der Waals surface area (Å²) < 4.78 is 36.9. The molecule has 1 fully saturated rings. The molecule has 0 aromatic carbocycles. The van der Waals surface area contributed by atoms with Gasteiger partial charge in [-0.05, 0) is 12.8 Å². The average Bonchev–Trinajstić information content (AvgIpc) is 2.85. The van der Waals surface area contributed by atoms with Crippen molar-refractivity contribution in [1.29, 1.82) is 0 Å². The minimum Gasteiger partial charge on any atom is -0.382 e. The normalized spacial score (nSPS) is 16.7. The molecule has 0 bridgehead atoms. The minimum atomic E-state index is -4.22. The van der Waals surface area contributed by atoms with Crippen LogP contribution in [0.15, 0.2) is 6.20 Å². The zero-order valence-corrected chi connectivity index (χ0v) is 7.88. The third-order valence-electron chi connectivity index (χ3n) is 2.29. The molecule has 1 aromatic heterocycles. The second kappa shape index (κ2) is 3.32. The number of alkyl halides is 3. The number of hydrogen-bond donors (Lipinski definition) is 2. The Morgan fingerprint density at radius 3 is 2.60 bits per heavy atom. The van der Waals surface area contributed by atoms with E-state index in [0.717, 1.165) is 12.8 Å². The molecule has 0 radical (unpaired) electrons. The van der Waals surface area contributed by atoms with Crippen molar-refractivity contribution < 1.29 is 13.2 Å². The molecule has 0 unspecified atom stereocenters. The van der Waals surface area contributed by atoms with Gasteiger partial charge < -0.3 is 10.6 Å². The van der Waals surface area contributed by atoms with E-state index in [-0.39, 0.29) is 11.9 Å². The number of aromatic nitrogens is 2. The second-order valence-corrected chi connectivity index (χ2v) is 3.64. The lowest BCUT2D eigenvalue weighted by Crippen LogP contribution is -2.36. The largest absolute Gasteiger partial charge is 0.405 e. The number of nitrogens with two attached hydrogens (primary N) is 1. The molecule has 0 aliphatic heterocycles. The summed E-state index contributed by atoms with van der Waals surface area (Å²) in [7, 11) is 0. The highest BCUT2D eigenvalue weighted by Crippen LogP contribution is 2.36. The maximum Gasteiger partial charge on any atom is 0.405 e. The Balaban J connectivity index is 2.17. The predicted molar refractivity (Wildman–Crippen MR) is 49.4 cm³/mol. The van der Waals surface area contributed by atoms with Gasteiger partial charge in [-0.25, -0.2) is 0 Å². The van der Waals surface area contributed by atoms with Gasteiger partial charge in [-0.3, -0.25) is 5.10 Å². The predicted octanol–water partition coefficient (Wildman–Crippen LogP) is 1.52. The molecule has 0 saturated heterocycles. The van der Waals surface area contributed by atoms with Crippen LogP contribution in [0, 0.1) is 0 Å². The van der Waals surface area contributed by atoms with Crippen LogP contribution in [0.1, 0.15) is 12.8 Å². The summed E-state index contributed by atoms with van der Waals surface area (Å²) in [6.07, 6.45) is -1.33. The zero-order valence-electron chi connectivity index (χ0n) is 7.88. The number of nitrogen functional groups attached to an aromatic ring is 1. The van der Waals surface area contributed by atoms with Crippen LogP contribution in [0.2, 0.25) is 0 Å². The van der Waals surface area contributed by atoms with Crippen LogP contribution in [0.3, 0.4) is 0 Å². The topological polar surface area (TPSA) is 57.9 Å². The van der Waals surface area contributed by atoms with Crippen molar-refractivity contribution in [1.82, 2.24) is 10.2 Å². The Kier molecular flexibility index (Phi) is 2.24. The fourth-order valence-electron chi connectivity index (χ4n) is 1.51. The monoisotopic (exact) mass is 220 g/mol. The molecule has 84 valence electrons. The Bertz CT molecular complexity index is 342. The molecule has 4 nitrogen and oxygen atoms in total. The van der Waals surface area contributed by atoms with Gasteiger partial charge in [0.15, 0.2) is 0 Å². The number of nitrogens with one attached hydrogen (secondary N) is 1. The summed E-state index contributed by atoms with van der Waals surface area (Å²) in [4.78, 5) is 1.26. The van der Waals surface area contributed by atoms with Gasteiger partial charge in [-0.15, -0.1) is 0 Å². The smallest absolute Gasteiger partial charge is 0.382 e. The second-order valence-electron chi connectivity index (χ2n) is 3.64. The van der Waals surface area contributed by atoms with Gasteiger partial charge in [0.2, 0.25) is 0 Å². The van der Waals surface area contributed by atoms with Gasteiger partial charge in [-0.1, -0.05) is 0 Å². The standard InChI is InChI=1S/C8H11F3N4/c9-8(10,11)4-15(5-1-2-5)6-3-13-14-7(6)12/h3,5H,1-2,4H2,(H3,12,13,14). The SMILES string of the molecule is Nc1[nH]ncc1N(CC(F)(F)F)C1CC1. The number of H-pyrrole nitrogens is 1. The third kappa shape index (κ3) is 2.34. The highest BCUT2D eigenvalue weighted by molar-refractivity contribution is 5.63. The molecule has 0 atom stereocenters. The molecule has 1 aliphatic carbocycles. The molecule has 1 saturated carbocycles. The lowest BCUT2D eigenvalue weighted by molar-refractivity contribution is -0.119. The number of rotatable bonds is 3. The summed E-state index contributed by atoms with van der Waals surface area (Å²) in [5, 5.41) is 6.06. The van der Waals surface area contributed by atoms with Crippen LogP contribution in [0.5, 0.6) is 0 Å². The first kappa shape index (κ1) is 10.1. The number of halogens is 3. The van der Waals surface area contributed by atoms with Crippen LogP contribution < -0.4 is 10.6 Å². The molecular weight excluding hydrogens is 209 g/mol. The fraction of sp³-hybridized carbons (Fsp3) is 0.625. The number of aromatic amines is 1. The summed E-state index contributed by atoms with van der Waals surface area (Å²) in [6.45, 7) is -0.971. The van der Waals surface area contributed by atoms with Gasteiger partial charge in [0.05, 0.1) is 11.9 Å². The molecule has 0 amide bonds. The highest BCUT2D eigenvalue weighted by atomic mass is 19.4. The maximum absolute atomic E-state index is 12.3. The molecule has 7 heteroatoms. The maximum atomic E-state index is 12.3. The van der Waals surface area contributed by atoms with Gasteiger partial charge in [0.25, 0.3) is 0 Å². The Morgan fingerprint density at radius 2 is 2.20 bits per heavy atom. The third-order valence-corrected chi connectivity index (χ3v) is 2.29. The first-order valence-corrected chi connectivity index (χ1v) is 4.59. The van der Waals surface area contributed by atoms with E-state index in [1.165, 1.54) is 11.1 Å². The average molecular weight is 220 g/mol. The van der Waals surface area contributed by atoms with E-state index < -0.39 is 12.7 Å². The van der Waals surface area contributed by atoms with Crippen molar-refractivity contribution in [2.75, 3.05) is 17.2 Å². The van der Waals surface area contributed by atoms with Crippen molar-refractivity contribution in [3.63, 3.8) is 0 Å².